The Kier molecular flexibility index (Phi) is 6.54. The van der Waals surface area contributed by atoms with Gasteiger partial charge in [-0.1, -0.05) is 121 Å². The Hall–Kier alpha value is -6.18. The van der Waals surface area contributed by atoms with Crippen LogP contribution in [0.2, 0.25) is 0 Å². The van der Waals surface area contributed by atoms with Gasteiger partial charge in [0.2, 0.25) is 0 Å². The lowest BCUT2D eigenvalue weighted by atomic mass is 10.0. The Morgan fingerprint density at radius 3 is 1.74 bits per heavy atom. The van der Waals surface area contributed by atoms with Gasteiger partial charge in [-0.3, -0.25) is 4.98 Å². The third-order valence-electron chi connectivity index (χ3n) is 8.29. The first-order valence-electron chi connectivity index (χ1n) is 15.3. The van der Waals surface area contributed by atoms with Gasteiger partial charge in [-0.2, -0.15) is 0 Å². The van der Waals surface area contributed by atoms with E-state index in [0.29, 0.717) is 17.5 Å². The van der Waals surface area contributed by atoms with Crippen molar-refractivity contribution in [2.75, 3.05) is 0 Å². The lowest BCUT2D eigenvalue weighted by molar-refractivity contribution is 1.06. The Morgan fingerprint density at radius 2 is 1.00 bits per heavy atom. The van der Waals surface area contributed by atoms with E-state index in [0.717, 1.165) is 65.6 Å². The Balaban J connectivity index is 1.24. The summed E-state index contributed by atoms with van der Waals surface area (Å²) in [5.41, 5.74) is 6.09. The lowest BCUT2D eigenvalue weighted by Crippen LogP contribution is -2.00. The van der Waals surface area contributed by atoms with Gasteiger partial charge >= 0.3 is 0 Å². The normalized spacial score (nSPS) is 11.4. The fourth-order valence-electron chi connectivity index (χ4n) is 6.05. The molecular formula is C40H24N6S. The van der Waals surface area contributed by atoms with Crippen molar-refractivity contribution >= 4 is 42.3 Å². The van der Waals surface area contributed by atoms with E-state index in [2.05, 4.69) is 48.5 Å². The Morgan fingerprint density at radius 1 is 0.426 bits per heavy atom. The van der Waals surface area contributed by atoms with Crippen molar-refractivity contribution in [1.29, 1.82) is 0 Å². The molecule has 0 saturated heterocycles. The second-order valence-corrected chi connectivity index (χ2v) is 12.3. The van der Waals surface area contributed by atoms with Crippen molar-refractivity contribution in [3.05, 3.63) is 146 Å². The predicted molar refractivity (Wildman–Crippen MR) is 191 cm³/mol. The summed E-state index contributed by atoms with van der Waals surface area (Å²) in [6, 6.07) is 47.0. The van der Waals surface area contributed by atoms with Gasteiger partial charge in [-0.05, 0) is 23.6 Å². The number of pyridine rings is 1. The number of benzene rings is 5. The molecule has 9 aromatic rings. The summed E-state index contributed by atoms with van der Waals surface area (Å²) in [5.74, 6) is 1.84. The zero-order chi connectivity index (χ0) is 31.2. The molecule has 220 valence electrons. The highest BCUT2D eigenvalue weighted by molar-refractivity contribution is 7.26. The molecule has 0 saturated carbocycles. The monoisotopic (exact) mass is 620 g/mol. The van der Waals surface area contributed by atoms with Crippen LogP contribution in [0.5, 0.6) is 0 Å². The minimum atomic E-state index is 0.593. The van der Waals surface area contributed by atoms with Gasteiger partial charge in [0, 0.05) is 49.3 Å². The SMILES string of the molecule is c1ccc(-c2nc(-c3ccccc3)nc(-c3cccc(-c4nnc(-c5nccc6ccccc56)c5sc6ccccc6c45)c3)n2)cc1. The van der Waals surface area contributed by atoms with E-state index < -0.39 is 0 Å². The van der Waals surface area contributed by atoms with Crippen LogP contribution < -0.4 is 0 Å². The average Bonchev–Trinajstić information content (AvgIpc) is 3.55. The molecule has 0 bridgehead atoms. The quantitative estimate of drug-likeness (QED) is 0.191. The van der Waals surface area contributed by atoms with Crippen molar-refractivity contribution in [2.45, 2.75) is 0 Å². The zero-order valence-corrected chi connectivity index (χ0v) is 25.8. The number of nitrogens with zero attached hydrogens (tertiary/aromatic N) is 6. The average molecular weight is 621 g/mol. The molecule has 4 aromatic heterocycles. The summed E-state index contributed by atoms with van der Waals surface area (Å²) in [6.07, 6.45) is 1.85. The van der Waals surface area contributed by atoms with Gasteiger partial charge in [0.25, 0.3) is 0 Å². The highest BCUT2D eigenvalue weighted by atomic mass is 32.1. The molecule has 0 fully saturated rings. The third-order valence-corrected chi connectivity index (χ3v) is 9.47. The van der Waals surface area contributed by atoms with Gasteiger partial charge in [-0.15, -0.1) is 21.5 Å². The number of fused-ring (bicyclic) bond motifs is 4. The second kappa shape index (κ2) is 11.3. The van der Waals surface area contributed by atoms with Crippen molar-refractivity contribution < 1.29 is 0 Å². The molecule has 0 unspecified atom stereocenters. The van der Waals surface area contributed by atoms with Crippen LogP contribution in [0.25, 0.3) is 87.8 Å². The van der Waals surface area contributed by atoms with Gasteiger partial charge in [-0.25, -0.2) is 15.0 Å². The van der Waals surface area contributed by atoms with Crippen LogP contribution in [0.15, 0.2) is 146 Å². The summed E-state index contributed by atoms with van der Waals surface area (Å²) >= 11 is 1.72. The topological polar surface area (TPSA) is 77.3 Å². The van der Waals surface area contributed by atoms with Crippen LogP contribution in [0.1, 0.15) is 0 Å². The summed E-state index contributed by atoms with van der Waals surface area (Å²) < 4.78 is 2.23. The molecule has 0 aliphatic heterocycles. The minimum absolute atomic E-state index is 0.593. The highest BCUT2D eigenvalue weighted by Gasteiger charge is 2.21. The predicted octanol–water partition coefficient (Wildman–Crippen LogP) is 9.91. The smallest absolute Gasteiger partial charge is 0.164 e. The van der Waals surface area contributed by atoms with Gasteiger partial charge in [0.15, 0.2) is 17.5 Å². The molecule has 0 aliphatic carbocycles. The molecule has 5 aromatic carbocycles. The first kappa shape index (κ1) is 27.2. The van der Waals surface area contributed by atoms with Crippen LogP contribution in [0.4, 0.5) is 0 Å². The molecule has 0 spiro atoms. The maximum absolute atomic E-state index is 4.95. The van der Waals surface area contributed by atoms with Gasteiger partial charge < -0.3 is 0 Å². The van der Waals surface area contributed by atoms with Crippen LogP contribution in [-0.4, -0.2) is 30.1 Å². The largest absolute Gasteiger partial charge is 0.254 e. The second-order valence-electron chi connectivity index (χ2n) is 11.2. The Labute approximate surface area is 274 Å². The third kappa shape index (κ3) is 4.81. The van der Waals surface area contributed by atoms with E-state index in [9.17, 15) is 0 Å². The van der Waals surface area contributed by atoms with Gasteiger partial charge in [0.05, 0.1) is 10.4 Å². The van der Waals surface area contributed by atoms with E-state index in [1.54, 1.807) is 11.3 Å². The summed E-state index contributed by atoms with van der Waals surface area (Å²) in [4.78, 5) is 19.6. The summed E-state index contributed by atoms with van der Waals surface area (Å²) in [7, 11) is 0. The molecule has 4 heterocycles. The number of hydrogen-bond acceptors (Lipinski definition) is 7. The molecule has 0 aliphatic rings. The molecule has 47 heavy (non-hydrogen) atoms. The first-order chi connectivity index (χ1) is 23.3. The van der Waals surface area contributed by atoms with Crippen LogP contribution >= 0.6 is 11.3 Å². The van der Waals surface area contributed by atoms with E-state index in [-0.39, 0.29) is 0 Å². The molecule has 0 amide bonds. The lowest BCUT2D eigenvalue weighted by Gasteiger charge is -2.11. The number of aromatic nitrogens is 6. The minimum Gasteiger partial charge on any atom is -0.254 e. The highest BCUT2D eigenvalue weighted by Crippen LogP contribution is 2.43. The maximum Gasteiger partial charge on any atom is 0.164 e. The van der Waals surface area contributed by atoms with E-state index in [4.69, 9.17) is 30.1 Å². The van der Waals surface area contributed by atoms with Crippen LogP contribution in [-0.2, 0) is 0 Å². The van der Waals surface area contributed by atoms with E-state index in [1.165, 1.54) is 4.70 Å². The molecule has 0 N–H and O–H groups in total. The summed E-state index contributed by atoms with van der Waals surface area (Å²) in [5, 5.41) is 14.2. The standard InChI is InChI=1S/C40H24N6S/c1-3-13-26(14-4-1)38-42-39(27-15-5-2-6-16-27)44-40(43-38)29-18-11-17-28(24-29)34-33-31-20-9-10-21-32(31)47-37(33)36(46-45-34)35-30-19-8-7-12-25(30)22-23-41-35/h1-24H. The molecule has 6 nitrogen and oxygen atoms in total. The molecule has 0 atom stereocenters. The Bertz CT molecular complexity index is 2520. The first-order valence-corrected chi connectivity index (χ1v) is 16.1. The maximum atomic E-state index is 4.95. The van der Waals surface area contributed by atoms with Crippen molar-refractivity contribution in [2.24, 2.45) is 0 Å². The van der Waals surface area contributed by atoms with Crippen LogP contribution in [0.3, 0.4) is 0 Å². The van der Waals surface area contributed by atoms with Crippen molar-refractivity contribution in [3.63, 3.8) is 0 Å². The molecular weight excluding hydrogens is 597 g/mol. The van der Waals surface area contributed by atoms with E-state index in [1.807, 2.05) is 97.2 Å². The fraction of sp³-hybridized carbons (Fsp3) is 0. The fourth-order valence-corrected chi connectivity index (χ4v) is 7.24. The molecule has 0 radical (unpaired) electrons. The molecule has 7 heteroatoms. The number of thiophene rings is 1. The molecule has 9 rings (SSSR count). The van der Waals surface area contributed by atoms with Gasteiger partial charge in [0.1, 0.15) is 11.4 Å². The van der Waals surface area contributed by atoms with Crippen LogP contribution in [0, 0.1) is 0 Å². The zero-order valence-electron chi connectivity index (χ0n) is 24.9. The number of hydrogen-bond donors (Lipinski definition) is 0. The number of rotatable bonds is 5. The summed E-state index contributed by atoms with van der Waals surface area (Å²) in [6.45, 7) is 0. The van der Waals surface area contributed by atoms with Crippen molar-refractivity contribution in [3.8, 4) is 56.8 Å². The van der Waals surface area contributed by atoms with E-state index >= 15 is 0 Å². The van der Waals surface area contributed by atoms with Crippen molar-refractivity contribution in [1.82, 2.24) is 30.1 Å².